The van der Waals surface area contributed by atoms with Crippen LogP contribution in [0.2, 0.25) is 0 Å². The molecule has 1 aliphatic carbocycles. The number of methoxy groups -OCH3 is 1. The first-order chi connectivity index (χ1) is 8.54. The Morgan fingerprint density at radius 1 is 1.39 bits per heavy atom. The molecule has 2 rings (SSSR count). The first-order valence-electron chi connectivity index (χ1n) is 7.13. The van der Waals surface area contributed by atoms with Gasteiger partial charge in [-0.2, -0.15) is 0 Å². The topological polar surface area (TPSA) is 41.9 Å². The number of aliphatic hydroxyl groups is 1. The fraction of sp³-hybridized carbons (Fsp3) is 1.00. The molecule has 4 nitrogen and oxygen atoms in total. The second kappa shape index (κ2) is 5.87. The van der Waals surface area contributed by atoms with E-state index in [4.69, 9.17) is 9.47 Å². The summed E-state index contributed by atoms with van der Waals surface area (Å²) in [6.07, 6.45) is 4.86. The van der Waals surface area contributed by atoms with Crippen molar-refractivity contribution in [1.82, 2.24) is 4.90 Å². The molecule has 0 bridgehead atoms. The number of fused-ring (bicyclic) bond motifs is 1. The van der Waals surface area contributed by atoms with Crippen molar-refractivity contribution in [3.05, 3.63) is 0 Å². The van der Waals surface area contributed by atoms with Gasteiger partial charge in [-0.25, -0.2) is 0 Å². The summed E-state index contributed by atoms with van der Waals surface area (Å²) < 4.78 is 11.2. The summed E-state index contributed by atoms with van der Waals surface area (Å²) in [6.45, 7) is 6.29. The van der Waals surface area contributed by atoms with Crippen LogP contribution in [-0.2, 0) is 9.47 Å². The Hall–Kier alpha value is -0.160. The van der Waals surface area contributed by atoms with Crippen molar-refractivity contribution in [3.63, 3.8) is 0 Å². The van der Waals surface area contributed by atoms with Crippen molar-refractivity contribution >= 4 is 0 Å². The van der Waals surface area contributed by atoms with Crippen molar-refractivity contribution in [2.75, 3.05) is 26.8 Å². The zero-order chi connectivity index (χ0) is 13.2. The van der Waals surface area contributed by atoms with Gasteiger partial charge in [0.25, 0.3) is 0 Å². The van der Waals surface area contributed by atoms with Crippen LogP contribution in [0, 0.1) is 0 Å². The van der Waals surface area contributed by atoms with Crippen LogP contribution in [-0.4, -0.2) is 60.7 Å². The predicted molar refractivity (Wildman–Crippen MR) is 70.7 cm³/mol. The molecule has 2 aliphatic rings. The Bertz CT molecular complexity index is 268. The van der Waals surface area contributed by atoms with Crippen molar-refractivity contribution in [2.45, 2.75) is 63.4 Å². The van der Waals surface area contributed by atoms with Crippen LogP contribution in [0.25, 0.3) is 0 Å². The fourth-order valence-electron chi connectivity index (χ4n) is 2.98. The van der Waals surface area contributed by atoms with Crippen LogP contribution < -0.4 is 0 Å². The van der Waals surface area contributed by atoms with E-state index in [0.717, 1.165) is 13.2 Å². The zero-order valence-corrected chi connectivity index (χ0v) is 11.9. The summed E-state index contributed by atoms with van der Waals surface area (Å²) in [7, 11) is 1.66. The molecule has 3 atom stereocenters. The lowest BCUT2D eigenvalue weighted by Gasteiger charge is -2.45. The Kier molecular flexibility index (Phi) is 4.64. The highest BCUT2D eigenvalue weighted by Crippen LogP contribution is 2.29. The average Bonchev–Trinajstić information content (AvgIpc) is 2.39. The number of morpholine rings is 1. The summed E-state index contributed by atoms with van der Waals surface area (Å²) in [5.41, 5.74) is -0.484. The molecule has 1 aliphatic heterocycles. The Morgan fingerprint density at radius 2 is 2.11 bits per heavy atom. The molecule has 0 amide bonds. The van der Waals surface area contributed by atoms with Crippen LogP contribution >= 0.6 is 0 Å². The molecule has 106 valence electrons. The molecule has 1 saturated carbocycles. The first kappa shape index (κ1) is 14.3. The number of β-amino-alcohol motifs (C(OH)–C–C–N with tert-alkyl or cyclic N) is 1. The number of hydrogen-bond acceptors (Lipinski definition) is 4. The highest BCUT2D eigenvalue weighted by Gasteiger charge is 2.37. The lowest BCUT2D eigenvalue weighted by molar-refractivity contribution is -0.128. The zero-order valence-electron chi connectivity index (χ0n) is 11.9. The van der Waals surface area contributed by atoms with Gasteiger partial charge in [-0.15, -0.1) is 0 Å². The fourth-order valence-corrected chi connectivity index (χ4v) is 2.98. The number of aliphatic hydroxyl groups excluding tert-OH is 1. The van der Waals surface area contributed by atoms with Gasteiger partial charge in [-0.1, -0.05) is 12.8 Å². The predicted octanol–water partition coefficient (Wildman–Crippen LogP) is 1.42. The molecule has 1 heterocycles. The molecular weight excluding hydrogens is 230 g/mol. The SMILES string of the molecule is COC(C)(C)C(O)CN1CCOC2CCCCC21. The van der Waals surface area contributed by atoms with Gasteiger partial charge in [0.1, 0.15) is 0 Å². The molecule has 1 saturated heterocycles. The molecule has 18 heavy (non-hydrogen) atoms. The van der Waals surface area contributed by atoms with E-state index in [1.54, 1.807) is 7.11 Å². The molecule has 0 aromatic carbocycles. The first-order valence-corrected chi connectivity index (χ1v) is 7.13. The maximum absolute atomic E-state index is 10.3. The molecule has 0 radical (unpaired) electrons. The van der Waals surface area contributed by atoms with Gasteiger partial charge in [0.15, 0.2) is 0 Å². The number of nitrogens with zero attached hydrogens (tertiary/aromatic N) is 1. The van der Waals surface area contributed by atoms with E-state index in [-0.39, 0.29) is 0 Å². The van der Waals surface area contributed by atoms with E-state index in [1.807, 2.05) is 13.8 Å². The van der Waals surface area contributed by atoms with Crippen LogP contribution in [0.4, 0.5) is 0 Å². The van der Waals surface area contributed by atoms with E-state index in [9.17, 15) is 5.11 Å². The molecule has 3 unspecified atom stereocenters. The minimum Gasteiger partial charge on any atom is -0.389 e. The van der Waals surface area contributed by atoms with Gasteiger partial charge in [0, 0.05) is 26.2 Å². The van der Waals surface area contributed by atoms with Crippen molar-refractivity contribution in [1.29, 1.82) is 0 Å². The molecular formula is C14H27NO3. The molecule has 1 N–H and O–H groups in total. The van der Waals surface area contributed by atoms with Crippen LogP contribution in [0.1, 0.15) is 39.5 Å². The molecule has 2 fully saturated rings. The summed E-state index contributed by atoms with van der Waals surface area (Å²) in [5.74, 6) is 0. The van der Waals surface area contributed by atoms with Gasteiger partial charge in [0.05, 0.1) is 24.4 Å². The van der Waals surface area contributed by atoms with Crippen LogP contribution in [0.5, 0.6) is 0 Å². The molecule has 0 spiro atoms. The highest BCUT2D eigenvalue weighted by atomic mass is 16.5. The lowest BCUT2D eigenvalue weighted by Crippen LogP contribution is -2.57. The van der Waals surface area contributed by atoms with E-state index >= 15 is 0 Å². The molecule has 4 heteroatoms. The summed E-state index contributed by atoms with van der Waals surface area (Å²) >= 11 is 0. The Balaban J connectivity index is 1.95. The normalized spacial score (nSPS) is 32.0. The van der Waals surface area contributed by atoms with Gasteiger partial charge in [0.2, 0.25) is 0 Å². The largest absolute Gasteiger partial charge is 0.389 e. The van der Waals surface area contributed by atoms with Gasteiger partial charge < -0.3 is 14.6 Å². The number of rotatable bonds is 4. The third-order valence-corrected chi connectivity index (χ3v) is 4.58. The molecule has 0 aromatic rings. The Morgan fingerprint density at radius 3 is 2.83 bits per heavy atom. The van der Waals surface area contributed by atoms with E-state index in [1.165, 1.54) is 25.7 Å². The van der Waals surface area contributed by atoms with Gasteiger partial charge in [-0.3, -0.25) is 4.90 Å². The lowest BCUT2D eigenvalue weighted by atomic mass is 9.89. The van der Waals surface area contributed by atoms with Crippen molar-refractivity contribution in [2.24, 2.45) is 0 Å². The van der Waals surface area contributed by atoms with Gasteiger partial charge >= 0.3 is 0 Å². The van der Waals surface area contributed by atoms with Gasteiger partial charge in [-0.05, 0) is 26.7 Å². The van der Waals surface area contributed by atoms with E-state index in [0.29, 0.717) is 18.7 Å². The van der Waals surface area contributed by atoms with Crippen LogP contribution in [0.3, 0.4) is 0 Å². The summed E-state index contributed by atoms with van der Waals surface area (Å²) in [6, 6.07) is 0.495. The van der Waals surface area contributed by atoms with E-state index < -0.39 is 11.7 Å². The number of ether oxygens (including phenoxy) is 2. The van der Waals surface area contributed by atoms with Crippen LogP contribution in [0.15, 0.2) is 0 Å². The van der Waals surface area contributed by atoms with Crippen molar-refractivity contribution in [3.8, 4) is 0 Å². The van der Waals surface area contributed by atoms with Crippen molar-refractivity contribution < 1.29 is 14.6 Å². The minimum atomic E-state index is -0.484. The maximum Gasteiger partial charge on any atom is 0.0950 e. The number of hydrogen-bond donors (Lipinski definition) is 1. The summed E-state index contributed by atoms with van der Waals surface area (Å²) in [4.78, 5) is 2.40. The third-order valence-electron chi connectivity index (χ3n) is 4.58. The molecule has 0 aromatic heterocycles. The third kappa shape index (κ3) is 3.05. The second-order valence-electron chi connectivity index (χ2n) is 6.08. The second-order valence-corrected chi connectivity index (χ2v) is 6.08. The maximum atomic E-state index is 10.3. The standard InChI is InChI=1S/C14H27NO3/c1-14(2,17-3)13(16)10-15-8-9-18-12-7-5-4-6-11(12)15/h11-13,16H,4-10H2,1-3H3. The smallest absolute Gasteiger partial charge is 0.0950 e. The minimum absolute atomic E-state index is 0.380. The van der Waals surface area contributed by atoms with E-state index in [2.05, 4.69) is 4.90 Å². The highest BCUT2D eigenvalue weighted by molar-refractivity contribution is 4.90. The Labute approximate surface area is 110 Å². The summed E-state index contributed by atoms with van der Waals surface area (Å²) in [5, 5.41) is 10.3. The monoisotopic (exact) mass is 257 g/mol. The average molecular weight is 257 g/mol. The quantitative estimate of drug-likeness (QED) is 0.827.